The maximum atomic E-state index is 13.2. The van der Waals surface area contributed by atoms with E-state index in [1.807, 2.05) is 19.1 Å². The number of aromatic carboxylic acids is 1. The van der Waals surface area contributed by atoms with Crippen LogP contribution in [0.2, 0.25) is 0 Å². The normalized spacial score (nSPS) is 10.5. The van der Waals surface area contributed by atoms with Crippen LogP contribution in [0.4, 0.5) is 14.5 Å². The summed E-state index contributed by atoms with van der Waals surface area (Å²) in [5.41, 5.74) is 3.23. The van der Waals surface area contributed by atoms with Crippen LogP contribution in [0, 0.1) is 18.6 Å². The van der Waals surface area contributed by atoms with E-state index in [9.17, 15) is 13.6 Å². The molecule has 3 rings (SSSR count). The predicted octanol–water partition coefficient (Wildman–Crippen LogP) is 5.16. The number of carbonyl (C=O) groups is 1. The van der Waals surface area contributed by atoms with Gasteiger partial charge in [0.2, 0.25) is 0 Å². The second-order valence-electron chi connectivity index (χ2n) is 6.41. The van der Waals surface area contributed by atoms with Gasteiger partial charge >= 0.3 is 5.97 Å². The summed E-state index contributed by atoms with van der Waals surface area (Å²) in [4.78, 5) is 11.0. The Balaban J connectivity index is 1.62. The third-order valence-electron chi connectivity index (χ3n) is 4.16. The number of ether oxygens (including phenoxy) is 1. The summed E-state index contributed by atoms with van der Waals surface area (Å²) in [6.45, 7) is 2.46. The molecular formula is C22H19F2NO3. The lowest BCUT2D eigenvalue weighted by molar-refractivity contribution is 0.0697. The minimum absolute atomic E-state index is 0.0646. The molecule has 28 heavy (non-hydrogen) atoms. The highest BCUT2D eigenvalue weighted by Crippen LogP contribution is 2.22. The molecule has 0 saturated heterocycles. The standard InChI is InChI=1S/C22H19F2NO3/c1-14-7-15(12-25-20-4-2-3-17(10-20)22(26)27)5-6-21(14)28-13-16-8-18(23)11-19(24)9-16/h2-11,25H,12-13H2,1H3,(H,26,27). The first-order valence-corrected chi connectivity index (χ1v) is 8.65. The highest BCUT2D eigenvalue weighted by molar-refractivity contribution is 5.88. The number of nitrogens with one attached hydrogen (secondary N) is 1. The van der Waals surface area contributed by atoms with Crippen LogP contribution in [0.25, 0.3) is 0 Å². The number of rotatable bonds is 7. The van der Waals surface area contributed by atoms with E-state index in [1.54, 1.807) is 24.3 Å². The van der Waals surface area contributed by atoms with Crippen molar-refractivity contribution in [3.05, 3.63) is 94.6 Å². The second-order valence-corrected chi connectivity index (χ2v) is 6.41. The third kappa shape index (κ3) is 5.07. The molecular weight excluding hydrogens is 364 g/mol. The fourth-order valence-corrected chi connectivity index (χ4v) is 2.81. The fourth-order valence-electron chi connectivity index (χ4n) is 2.81. The van der Waals surface area contributed by atoms with Gasteiger partial charge in [0.25, 0.3) is 0 Å². The largest absolute Gasteiger partial charge is 0.489 e. The molecule has 144 valence electrons. The van der Waals surface area contributed by atoms with Gasteiger partial charge in [-0.1, -0.05) is 18.2 Å². The molecule has 0 spiro atoms. The molecule has 4 nitrogen and oxygen atoms in total. The molecule has 0 aliphatic carbocycles. The Labute approximate surface area is 161 Å². The van der Waals surface area contributed by atoms with E-state index in [2.05, 4.69) is 5.32 Å². The molecule has 0 saturated carbocycles. The van der Waals surface area contributed by atoms with Gasteiger partial charge in [0, 0.05) is 18.3 Å². The Morgan fingerprint density at radius 3 is 2.43 bits per heavy atom. The van der Waals surface area contributed by atoms with E-state index in [-0.39, 0.29) is 12.2 Å². The molecule has 0 amide bonds. The first kappa shape index (κ1) is 19.4. The number of anilines is 1. The number of hydrogen-bond acceptors (Lipinski definition) is 3. The summed E-state index contributed by atoms with van der Waals surface area (Å²) in [5, 5.41) is 12.2. The molecule has 3 aromatic carbocycles. The van der Waals surface area contributed by atoms with Gasteiger partial charge in [0.05, 0.1) is 5.56 Å². The van der Waals surface area contributed by atoms with E-state index in [4.69, 9.17) is 9.84 Å². The Kier molecular flexibility index (Phi) is 5.89. The number of aryl methyl sites for hydroxylation is 1. The average molecular weight is 383 g/mol. The zero-order chi connectivity index (χ0) is 20.1. The molecule has 0 unspecified atom stereocenters. The van der Waals surface area contributed by atoms with Crippen molar-refractivity contribution in [3.63, 3.8) is 0 Å². The molecule has 3 aromatic rings. The van der Waals surface area contributed by atoms with Crippen molar-refractivity contribution in [2.75, 3.05) is 5.32 Å². The molecule has 0 fully saturated rings. The summed E-state index contributed by atoms with van der Waals surface area (Å²) in [6, 6.07) is 15.5. The van der Waals surface area contributed by atoms with Crippen LogP contribution >= 0.6 is 0 Å². The monoisotopic (exact) mass is 383 g/mol. The average Bonchev–Trinajstić information content (AvgIpc) is 2.65. The van der Waals surface area contributed by atoms with Crippen LogP contribution in [0.15, 0.2) is 60.7 Å². The maximum Gasteiger partial charge on any atom is 0.335 e. The molecule has 0 aliphatic rings. The quantitative estimate of drug-likeness (QED) is 0.592. The van der Waals surface area contributed by atoms with E-state index < -0.39 is 17.6 Å². The molecule has 0 heterocycles. The van der Waals surface area contributed by atoms with Crippen LogP contribution in [0.1, 0.15) is 27.0 Å². The van der Waals surface area contributed by atoms with Gasteiger partial charge in [-0.2, -0.15) is 0 Å². The van der Waals surface area contributed by atoms with E-state index in [0.717, 1.165) is 17.2 Å². The summed E-state index contributed by atoms with van der Waals surface area (Å²) in [7, 11) is 0. The number of carboxylic acids is 1. The first-order chi connectivity index (χ1) is 13.4. The highest BCUT2D eigenvalue weighted by Gasteiger charge is 2.06. The number of benzene rings is 3. The summed E-state index contributed by atoms with van der Waals surface area (Å²) in [5.74, 6) is -1.62. The van der Waals surface area contributed by atoms with Crippen LogP contribution < -0.4 is 10.1 Å². The Bertz CT molecular complexity index is 985. The first-order valence-electron chi connectivity index (χ1n) is 8.65. The SMILES string of the molecule is Cc1cc(CNc2cccc(C(=O)O)c2)ccc1OCc1cc(F)cc(F)c1. The Morgan fingerprint density at radius 1 is 1.00 bits per heavy atom. The van der Waals surface area contributed by atoms with Crippen LogP contribution in [0.3, 0.4) is 0 Å². The van der Waals surface area contributed by atoms with E-state index in [1.165, 1.54) is 18.2 Å². The maximum absolute atomic E-state index is 13.2. The number of hydrogen-bond donors (Lipinski definition) is 2. The minimum atomic E-state index is -0.973. The van der Waals surface area contributed by atoms with Crippen molar-refractivity contribution in [1.29, 1.82) is 0 Å². The minimum Gasteiger partial charge on any atom is -0.489 e. The van der Waals surface area contributed by atoms with Crippen molar-refractivity contribution < 1.29 is 23.4 Å². The predicted molar refractivity (Wildman–Crippen MR) is 103 cm³/mol. The molecule has 6 heteroatoms. The molecule has 0 atom stereocenters. The highest BCUT2D eigenvalue weighted by atomic mass is 19.1. The van der Waals surface area contributed by atoms with Crippen LogP contribution in [0.5, 0.6) is 5.75 Å². The summed E-state index contributed by atoms with van der Waals surface area (Å²) < 4.78 is 32.2. The van der Waals surface area contributed by atoms with Crippen molar-refractivity contribution in [1.82, 2.24) is 0 Å². The van der Waals surface area contributed by atoms with Gasteiger partial charge in [-0.05, 0) is 60.0 Å². The lowest BCUT2D eigenvalue weighted by atomic mass is 10.1. The number of halogens is 2. The lowest BCUT2D eigenvalue weighted by Crippen LogP contribution is -2.03. The zero-order valence-corrected chi connectivity index (χ0v) is 15.2. The fraction of sp³-hybridized carbons (Fsp3) is 0.136. The number of carboxylic acid groups (broad SMARTS) is 1. The van der Waals surface area contributed by atoms with Crippen LogP contribution in [-0.2, 0) is 13.2 Å². The van der Waals surface area contributed by atoms with E-state index in [0.29, 0.717) is 23.5 Å². The molecule has 0 aliphatic heterocycles. The van der Waals surface area contributed by atoms with Gasteiger partial charge in [-0.25, -0.2) is 13.6 Å². The molecule has 0 aromatic heterocycles. The van der Waals surface area contributed by atoms with Gasteiger partial charge in [0.15, 0.2) is 0 Å². The van der Waals surface area contributed by atoms with Crippen LogP contribution in [-0.4, -0.2) is 11.1 Å². The molecule has 0 radical (unpaired) electrons. The van der Waals surface area contributed by atoms with Gasteiger partial charge in [-0.15, -0.1) is 0 Å². The molecule has 2 N–H and O–H groups in total. The topological polar surface area (TPSA) is 58.6 Å². The molecule has 0 bridgehead atoms. The van der Waals surface area contributed by atoms with Gasteiger partial charge in [-0.3, -0.25) is 0 Å². The Morgan fingerprint density at radius 2 is 1.75 bits per heavy atom. The smallest absolute Gasteiger partial charge is 0.335 e. The lowest BCUT2D eigenvalue weighted by Gasteiger charge is -2.12. The van der Waals surface area contributed by atoms with Crippen molar-refractivity contribution in [2.24, 2.45) is 0 Å². The summed E-state index contributed by atoms with van der Waals surface area (Å²) in [6.07, 6.45) is 0. The Hall–Kier alpha value is -3.41. The van der Waals surface area contributed by atoms with Crippen molar-refractivity contribution in [3.8, 4) is 5.75 Å². The third-order valence-corrected chi connectivity index (χ3v) is 4.16. The van der Waals surface area contributed by atoms with Gasteiger partial charge in [0.1, 0.15) is 24.0 Å². The van der Waals surface area contributed by atoms with Crippen molar-refractivity contribution in [2.45, 2.75) is 20.1 Å². The zero-order valence-electron chi connectivity index (χ0n) is 15.2. The van der Waals surface area contributed by atoms with E-state index >= 15 is 0 Å². The van der Waals surface area contributed by atoms with Crippen molar-refractivity contribution >= 4 is 11.7 Å². The second kappa shape index (κ2) is 8.52. The summed E-state index contributed by atoms with van der Waals surface area (Å²) >= 11 is 0. The van der Waals surface area contributed by atoms with Gasteiger partial charge < -0.3 is 15.2 Å².